The summed E-state index contributed by atoms with van der Waals surface area (Å²) in [4.78, 5) is 14.2. The predicted molar refractivity (Wildman–Crippen MR) is 108 cm³/mol. The molecule has 2 rings (SSSR count). The lowest BCUT2D eigenvalue weighted by molar-refractivity contribution is 0.0762. The van der Waals surface area contributed by atoms with Crippen LogP contribution >= 0.6 is 15.9 Å². The van der Waals surface area contributed by atoms with Crippen LogP contribution in [0.2, 0.25) is 0 Å². The molecule has 0 aliphatic heterocycles. The minimum absolute atomic E-state index is 0.0945. The Morgan fingerprint density at radius 2 is 1.64 bits per heavy atom. The molecule has 0 bridgehead atoms. The van der Waals surface area contributed by atoms with E-state index in [1.807, 2.05) is 12.1 Å². The number of amides is 1. The molecule has 0 saturated heterocycles. The van der Waals surface area contributed by atoms with E-state index in [1.54, 1.807) is 30.3 Å². The zero-order valence-electron chi connectivity index (χ0n) is 14.8. The highest BCUT2D eigenvalue weighted by atomic mass is 79.9. The molecule has 0 aromatic heterocycles. The van der Waals surface area contributed by atoms with Crippen molar-refractivity contribution in [3.8, 4) is 12.1 Å². The van der Waals surface area contributed by atoms with Gasteiger partial charge in [0.15, 0.2) is 0 Å². The monoisotopic (exact) mass is 460 g/mol. The molecule has 0 heterocycles. The minimum atomic E-state index is -3.80. The quantitative estimate of drug-likeness (QED) is 0.646. The predicted octanol–water partition coefficient (Wildman–Crippen LogP) is 3.52. The van der Waals surface area contributed by atoms with Crippen LogP contribution in [0.5, 0.6) is 0 Å². The third-order valence-corrected chi connectivity index (χ3v) is 5.69. The second-order valence-electron chi connectivity index (χ2n) is 5.75. The van der Waals surface area contributed by atoms with Gasteiger partial charge in [-0.05, 0) is 42.5 Å². The van der Waals surface area contributed by atoms with Crippen LogP contribution in [0.15, 0.2) is 57.9 Å². The van der Waals surface area contributed by atoms with Crippen molar-refractivity contribution in [2.75, 3.05) is 17.8 Å². The Kier molecular flexibility index (Phi) is 7.56. The summed E-state index contributed by atoms with van der Waals surface area (Å²) >= 11 is 3.26. The first-order valence-corrected chi connectivity index (χ1v) is 10.6. The van der Waals surface area contributed by atoms with Crippen molar-refractivity contribution in [2.24, 2.45) is 0 Å². The summed E-state index contributed by atoms with van der Waals surface area (Å²) in [6.07, 6.45) is 0.292. The van der Waals surface area contributed by atoms with Crippen LogP contribution < -0.4 is 4.72 Å². The molecule has 0 aliphatic rings. The van der Waals surface area contributed by atoms with Crippen molar-refractivity contribution in [1.82, 2.24) is 4.90 Å². The molecule has 28 heavy (non-hydrogen) atoms. The van der Waals surface area contributed by atoms with Gasteiger partial charge in [-0.2, -0.15) is 10.5 Å². The first-order chi connectivity index (χ1) is 13.4. The average molecular weight is 461 g/mol. The van der Waals surface area contributed by atoms with Gasteiger partial charge in [-0.25, -0.2) is 8.42 Å². The molecular weight excluding hydrogens is 444 g/mol. The maximum Gasteiger partial charge on any atom is 0.261 e. The Morgan fingerprint density at radius 3 is 2.21 bits per heavy atom. The maximum absolute atomic E-state index is 12.7. The van der Waals surface area contributed by atoms with Gasteiger partial charge >= 0.3 is 0 Å². The van der Waals surface area contributed by atoms with Gasteiger partial charge in [0.2, 0.25) is 0 Å². The number of halogens is 1. The molecule has 1 amide bonds. The van der Waals surface area contributed by atoms with Gasteiger partial charge in [-0.1, -0.05) is 22.0 Å². The number of nitrogens with one attached hydrogen (secondary N) is 1. The molecule has 9 heteroatoms. The SMILES string of the molecule is N#CCCN(CCC#N)C(=O)c1cccc(NS(=O)(=O)c2ccc(Br)cc2)c1. The van der Waals surface area contributed by atoms with E-state index in [2.05, 4.69) is 20.7 Å². The first kappa shape index (κ1) is 21.4. The molecule has 0 radical (unpaired) electrons. The number of carbonyl (C=O) groups is 1. The molecule has 2 aromatic carbocycles. The zero-order chi connectivity index (χ0) is 20.6. The van der Waals surface area contributed by atoms with Gasteiger partial charge in [0.25, 0.3) is 15.9 Å². The summed E-state index contributed by atoms with van der Waals surface area (Å²) in [6, 6.07) is 16.2. The number of nitriles is 2. The molecule has 0 saturated carbocycles. The molecule has 7 nitrogen and oxygen atoms in total. The fourth-order valence-electron chi connectivity index (χ4n) is 2.41. The van der Waals surface area contributed by atoms with Gasteiger partial charge in [-0.15, -0.1) is 0 Å². The number of sulfonamides is 1. The number of nitrogens with zero attached hydrogens (tertiary/aromatic N) is 3. The third kappa shape index (κ3) is 5.81. The van der Waals surface area contributed by atoms with Gasteiger partial charge in [0, 0.05) is 28.8 Å². The van der Waals surface area contributed by atoms with Crippen LogP contribution in [0.25, 0.3) is 0 Å². The van der Waals surface area contributed by atoms with E-state index in [4.69, 9.17) is 10.5 Å². The number of benzene rings is 2. The van der Waals surface area contributed by atoms with E-state index >= 15 is 0 Å². The normalized spacial score (nSPS) is 10.5. The maximum atomic E-state index is 12.7. The molecule has 1 N–H and O–H groups in total. The number of carbonyl (C=O) groups excluding carboxylic acids is 1. The molecule has 2 aromatic rings. The highest BCUT2D eigenvalue weighted by molar-refractivity contribution is 9.10. The number of rotatable bonds is 8. The highest BCUT2D eigenvalue weighted by Gasteiger charge is 2.18. The Balaban J connectivity index is 2.22. The van der Waals surface area contributed by atoms with E-state index in [1.165, 1.54) is 23.1 Å². The summed E-state index contributed by atoms with van der Waals surface area (Å²) in [7, 11) is -3.80. The Labute approximate surface area is 172 Å². The molecule has 144 valence electrons. The van der Waals surface area contributed by atoms with Crippen molar-refractivity contribution in [1.29, 1.82) is 10.5 Å². The van der Waals surface area contributed by atoms with Crippen LogP contribution in [0.3, 0.4) is 0 Å². The van der Waals surface area contributed by atoms with E-state index < -0.39 is 10.0 Å². The van der Waals surface area contributed by atoms with Crippen molar-refractivity contribution in [3.63, 3.8) is 0 Å². The highest BCUT2D eigenvalue weighted by Crippen LogP contribution is 2.20. The van der Waals surface area contributed by atoms with Gasteiger partial charge in [-0.3, -0.25) is 9.52 Å². The Bertz CT molecular complexity index is 1010. The summed E-state index contributed by atoms with van der Waals surface area (Å²) in [5, 5.41) is 17.5. The second kappa shape index (κ2) is 9.88. The lowest BCUT2D eigenvalue weighted by Crippen LogP contribution is -2.32. The lowest BCUT2D eigenvalue weighted by Gasteiger charge is -2.20. The van der Waals surface area contributed by atoms with E-state index in [9.17, 15) is 13.2 Å². The minimum Gasteiger partial charge on any atom is -0.337 e. The fraction of sp³-hybridized carbons (Fsp3) is 0.211. The average Bonchev–Trinajstić information content (AvgIpc) is 2.68. The van der Waals surface area contributed by atoms with Crippen LogP contribution in [-0.4, -0.2) is 32.3 Å². The van der Waals surface area contributed by atoms with Gasteiger partial charge in [0.05, 0.1) is 29.9 Å². The first-order valence-electron chi connectivity index (χ1n) is 8.29. The summed E-state index contributed by atoms with van der Waals surface area (Å²) < 4.78 is 28.2. The topological polar surface area (TPSA) is 114 Å². The van der Waals surface area contributed by atoms with Crippen LogP contribution in [0.4, 0.5) is 5.69 Å². The largest absolute Gasteiger partial charge is 0.337 e. The number of hydrogen-bond acceptors (Lipinski definition) is 5. The van der Waals surface area contributed by atoms with E-state index in [-0.39, 0.29) is 48.0 Å². The standard InChI is InChI=1S/C19H17BrN4O3S/c20-16-6-8-18(9-7-16)28(26,27)23-17-5-1-4-15(14-17)19(25)24(12-2-10-21)13-3-11-22/h1,4-9,14,23H,2-3,12-13H2. The fourth-order valence-corrected chi connectivity index (χ4v) is 3.72. The summed E-state index contributed by atoms with van der Waals surface area (Å²) in [6.45, 7) is 0.401. The summed E-state index contributed by atoms with van der Waals surface area (Å²) in [5.74, 6) is -0.366. The van der Waals surface area contributed by atoms with Crippen molar-refractivity contribution in [2.45, 2.75) is 17.7 Å². The lowest BCUT2D eigenvalue weighted by atomic mass is 10.1. The zero-order valence-corrected chi connectivity index (χ0v) is 17.2. The van der Waals surface area contributed by atoms with Gasteiger partial charge < -0.3 is 4.90 Å². The molecule has 0 fully saturated rings. The van der Waals surface area contributed by atoms with Gasteiger partial charge in [0.1, 0.15) is 0 Å². The third-order valence-electron chi connectivity index (χ3n) is 3.76. The van der Waals surface area contributed by atoms with E-state index in [0.29, 0.717) is 0 Å². The van der Waals surface area contributed by atoms with Crippen molar-refractivity contribution >= 4 is 37.5 Å². The van der Waals surface area contributed by atoms with Crippen LogP contribution in [0, 0.1) is 22.7 Å². The van der Waals surface area contributed by atoms with Crippen molar-refractivity contribution < 1.29 is 13.2 Å². The smallest absolute Gasteiger partial charge is 0.261 e. The molecule has 0 aliphatic carbocycles. The summed E-state index contributed by atoms with van der Waals surface area (Å²) in [5.41, 5.74) is 0.515. The van der Waals surface area contributed by atoms with Crippen LogP contribution in [0.1, 0.15) is 23.2 Å². The second-order valence-corrected chi connectivity index (χ2v) is 8.35. The Hall–Kier alpha value is -2.88. The molecule has 0 spiro atoms. The van der Waals surface area contributed by atoms with Crippen molar-refractivity contribution in [3.05, 3.63) is 58.6 Å². The molecular formula is C19H17BrN4O3S. The number of hydrogen-bond donors (Lipinski definition) is 1. The molecule has 0 unspecified atom stereocenters. The van der Waals surface area contributed by atoms with Crippen LogP contribution in [-0.2, 0) is 10.0 Å². The number of anilines is 1. The molecule has 0 atom stereocenters. The Morgan fingerprint density at radius 1 is 1.04 bits per heavy atom. The van der Waals surface area contributed by atoms with E-state index in [0.717, 1.165) is 4.47 Å².